The van der Waals surface area contributed by atoms with Crippen molar-refractivity contribution in [3.05, 3.63) is 35.4 Å². The van der Waals surface area contributed by atoms with Gasteiger partial charge in [0.2, 0.25) is 5.91 Å². The van der Waals surface area contributed by atoms with E-state index in [0.29, 0.717) is 12.6 Å². The summed E-state index contributed by atoms with van der Waals surface area (Å²) >= 11 is 6.22. The van der Waals surface area contributed by atoms with E-state index in [4.69, 9.17) is 16.3 Å². The van der Waals surface area contributed by atoms with Crippen molar-refractivity contribution < 1.29 is 9.53 Å². The molecule has 1 aliphatic rings. The summed E-state index contributed by atoms with van der Waals surface area (Å²) in [5, 5.41) is 2.41. The van der Waals surface area contributed by atoms with Gasteiger partial charge in [-0.3, -0.25) is 4.79 Å². The van der Waals surface area contributed by atoms with E-state index in [1.807, 2.05) is 24.3 Å². The molecule has 1 aromatic carbocycles. The van der Waals surface area contributed by atoms with Crippen LogP contribution < -0.4 is 5.32 Å². The second-order valence-electron chi connectivity index (χ2n) is 5.03. The maximum Gasteiger partial charge on any atom is 0.242 e. The van der Waals surface area contributed by atoms with Crippen LogP contribution in [0.4, 0.5) is 0 Å². The summed E-state index contributed by atoms with van der Waals surface area (Å²) in [4.78, 5) is 12.0. The summed E-state index contributed by atoms with van der Waals surface area (Å²) in [6.07, 6.45) is 4.54. The second kappa shape index (κ2) is 6.92. The zero-order chi connectivity index (χ0) is 13.7. The SMILES string of the molecule is COCc1ccc(C(Cl)C(=O)NC2CCCC2)cc1. The predicted molar refractivity (Wildman–Crippen MR) is 76.1 cm³/mol. The highest BCUT2D eigenvalue weighted by molar-refractivity contribution is 6.30. The molecule has 0 radical (unpaired) electrons. The summed E-state index contributed by atoms with van der Waals surface area (Å²) < 4.78 is 5.05. The molecule has 0 saturated heterocycles. The molecule has 1 fully saturated rings. The quantitative estimate of drug-likeness (QED) is 0.842. The van der Waals surface area contributed by atoms with Crippen LogP contribution in [0, 0.1) is 0 Å². The topological polar surface area (TPSA) is 38.3 Å². The number of hydrogen-bond donors (Lipinski definition) is 1. The fourth-order valence-electron chi connectivity index (χ4n) is 2.45. The van der Waals surface area contributed by atoms with E-state index in [2.05, 4.69) is 5.32 Å². The summed E-state index contributed by atoms with van der Waals surface area (Å²) in [6.45, 7) is 0.571. The minimum Gasteiger partial charge on any atom is -0.380 e. The number of halogens is 1. The van der Waals surface area contributed by atoms with Gasteiger partial charge >= 0.3 is 0 Å². The van der Waals surface area contributed by atoms with Gasteiger partial charge in [0, 0.05) is 13.2 Å². The molecule has 1 saturated carbocycles. The molecule has 104 valence electrons. The molecule has 0 bridgehead atoms. The number of benzene rings is 1. The van der Waals surface area contributed by atoms with Crippen LogP contribution in [0.3, 0.4) is 0 Å². The molecule has 0 aliphatic heterocycles. The Hall–Kier alpha value is -1.06. The van der Waals surface area contributed by atoms with Crippen molar-refractivity contribution in [2.45, 2.75) is 43.7 Å². The van der Waals surface area contributed by atoms with Crippen molar-refractivity contribution in [2.75, 3.05) is 7.11 Å². The smallest absolute Gasteiger partial charge is 0.242 e. The van der Waals surface area contributed by atoms with Crippen LogP contribution in [-0.2, 0) is 16.1 Å². The standard InChI is InChI=1S/C15H20ClNO2/c1-19-10-11-6-8-12(9-7-11)14(16)15(18)17-13-4-2-3-5-13/h6-9,13-14H,2-5,10H2,1H3,(H,17,18). The number of carbonyl (C=O) groups excluding carboxylic acids is 1. The number of nitrogens with one attached hydrogen (secondary N) is 1. The predicted octanol–water partition coefficient (Wildman–Crippen LogP) is 3.17. The molecule has 3 nitrogen and oxygen atoms in total. The lowest BCUT2D eigenvalue weighted by Crippen LogP contribution is -2.34. The molecule has 4 heteroatoms. The lowest BCUT2D eigenvalue weighted by molar-refractivity contribution is -0.121. The first-order valence-corrected chi connectivity index (χ1v) is 7.16. The molecule has 1 atom stereocenters. The Balaban J connectivity index is 1.93. The van der Waals surface area contributed by atoms with Crippen LogP contribution in [0.5, 0.6) is 0 Å². The first kappa shape index (κ1) is 14.4. The van der Waals surface area contributed by atoms with Crippen LogP contribution >= 0.6 is 11.6 Å². The van der Waals surface area contributed by atoms with Gasteiger partial charge in [-0.15, -0.1) is 11.6 Å². The second-order valence-corrected chi connectivity index (χ2v) is 5.46. The van der Waals surface area contributed by atoms with Gasteiger partial charge in [-0.2, -0.15) is 0 Å². The maximum absolute atomic E-state index is 12.0. The fourth-order valence-corrected chi connectivity index (χ4v) is 2.65. The molecule has 0 heterocycles. The van der Waals surface area contributed by atoms with Crippen molar-refractivity contribution in [1.82, 2.24) is 5.32 Å². The minimum absolute atomic E-state index is 0.0898. The number of ether oxygens (including phenoxy) is 1. The highest BCUT2D eigenvalue weighted by Crippen LogP contribution is 2.23. The molecule has 1 aliphatic carbocycles. The van der Waals surface area contributed by atoms with Crippen molar-refractivity contribution in [3.8, 4) is 0 Å². The average Bonchev–Trinajstić information content (AvgIpc) is 2.92. The van der Waals surface area contributed by atoms with Crippen LogP contribution in [0.1, 0.15) is 42.2 Å². The zero-order valence-electron chi connectivity index (χ0n) is 11.2. The molecule has 1 amide bonds. The molecule has 1 aromatic rings. The normalized spacial score (nSPS) is 17.4. The Bertz CT molecular complexity index is 413. The Morgan fingerprint density at radius 3 is 2.58 bits per heavy atom. The van der Waals surface area contributed by atoms with E-state index < -0.39 is 5.38 Å². The first-order valence-electron chi connectivity index (χ1n) is 6.73. The average molecular weight is 282 g/mol. The third-order valence-electron chi connectivity index (χ3n) is 3.52. The molecular weight excluding hydrogens is 262 g/mol. The Labute approximate surface area is 119 Å². The highest BCUT2D eigenvalue weighted by atomic mass is 35.5. The fraction of sp³-hybridized carbons (Fsp3) is 0.533. The van der Waals surface area contributed by atoms with Crippen molar-refractivity contribution in [3.63, 3.8) is 0 Å². The number of methoxy groups -OCH3 is 1. The van der Waals surface area contributed by atoms with Gasteiger partial charge in [-0.1, -0.05) is 37.1 Å². The van der Waals surface area contributed by atoms with Crippen molar-refractivity contribution >= 4 is 17.5 Å². The molecule has 1 unspecified atom stereocenters. The summed E-state index contributed by atoms with van der Waals surface area (Å²) in [5.41, 5.74) is 1.91. The lowest BCUT2D eigenvalue weighted by atomic mass is 10.1. The third kappa shape index (κ3) is 3.95. The first-order chi connectivity index (χ1) is 9.20. The molecule has 2 rings (SSSR count). The monoisotopic (exact) mass is 281 g/mol. The van der Waals surface area contributed by atoms with Gasteiger partial charge in [-0.25, -0.2) is 0 Å². The van der Waals surface area contributed by atoms with Crippen molar-refractivity contribution in [2.24, 2.45) is 0 Å². The van der Waals surface area contributed by atoms with E-state index in [9.17, 15) is 4.79 Å². The van der Waals surface area contributed by atoms with Gasteiger partial charge in [0.1, 0.15) is 5.38 Å². The number of carbonyl (C=O) groups is 1. The maximum atomic E-state index is 12.0. The van der Waals surface area contributed by atoms with Gasteiger partial charge in [0.25, 0.3) is 0 Å². The number of rotatable bonds is 5. The van der Waals surface area contributed by atoms with E-state index in [1.54, 1.807) is 7.11 Å². The molecule has 19 heavy (non-hydrogen) atoms. The molecule has 0 aromatic heterocycles. The van der Waals surface area contributed by atoms with E-state index in [0.717, 1.165) is 24.0 Å². The Morgan fingerprint density at radius 1 is 1.37 bits per heavy atom. The summed E-state index contributed by atoms with van der Waals surface area (Å²) in [6, 6.07) is 7.97. The zero-order valence-corrected chi connectivity index (χ0v) is 12.0. The molecule has 0 spiro atoms. The minimum atomic E-state index is -0.614. The Morgan fingerprint density at radius 2 is 2.00 bits per heavy atom. The van der Waals surface area contributed by atoms with Crippen LogP contribution in [0.2, 0.25) is 0 Å². The molecule has 1 N–H and O–H groups in total. The van der Waals surface area contributed by atoms with Gasteiger partial charge in [0.05, 0.1) is 6.61 Å². The van der Waals surface area contributed by atoms with Gasteiger partial charge in [0.15, 0.2) is 0 Å². The largest absolute Gasteiger partial charge is 0.380 e. The van der Waals surface area contributed by atoms with E-state index >= 15 is 0 Å². The summed E-state index contributed by atoms with van der Waals surface area (Å²) in [7, 11) is 1.66. The van der Waals surface area contributed by atoms with Crippen molar-refractivity contribution in [1.29, 1.82) is 0 Å². The number of hydrogen-bond acceptors (Lipinski definition) is 2. The lowest BCUT2D eigenvalue weighted by Gasteiger charge is -2.15. The Kier molecular flexibility index (Phi) is 5.23. The number of amides is 1. The van der Waals surface area contributed by atoms with Gasteiger partial charge in [-0.05, 0) is 24.0 Å². The molecular formula is C15H20ClNO2. The van der Waals surface area contributed by atoms with Gasteiger partial charge < -0.3 is 10.1 Å². The van der Waals surface area contributed by atoms with Crippen LogP contribution in [0.25, 0.3) is 0 Å². The highest BCUT2D eigenvalue weighted by Gasteiger charge is 2.22. The third-order valence-corrected chi connectivity index (χ3v) is 3.97. The van der Waals surface area contributed by atoms with Crippen LogP contribution in [0.15, 0.2) is 24.3 Å². The summed E-state index contributed by atoms with van der Waals surface area (Å²) in [5.74, 6) is -0.0898. The van der Waals surface area contributed by atoms with Crippen LogP contribution in [-0.4, -0.2) is 19.1 Å². The van der Waals surface area contributed by atoms with E-state index in [1.165, 1.54) is 12.8 Å². The van der Waals surface area contributed by atoms with E-state index in [-0.39, 0.29) is 5.91 Å². The number of alkyl halides is 1.